The largest absolute Gasteiger partial charge is 1.00 e. The Bertz CT molecular complexity index is 1730. The summed E-state index contributed by atoms with van der Waals surface area (Å²) in [7, 11) is -8.61. The van der Waals surface area contributed by atoms with Gasteiger partial charge in [-0.05, 0) is 60.8 Å². The minimum absolute atomic E-state index is 0. The molecule has 4 rings (SSSR count). The van der Waals surface area contributed by atoms with Gasteiger partial charge in [-0.25, -0.2) is 8.42 Å². The van der Waals surface area contributed by atoms with E-state index >= 15 is 0 Å². The van der Waals surface area contributed by atoms with Crippen LogP contribution in [-0.2, 0) is 20.0 Å². The van der Waals surface area contributed by atoms with Crippen molar-refractivity contribution in [2.24, 2.45) is 10.2 Å². The van der Waals surface area contributed by atoms with E-state index in [1.54, 1.807) is 12.1 Å². The summed E-state index contributed by atoms with van der Waals surface area (Å²) in [5.41, 5.74) is 6.75. The number of fused-ring (bicyclic) bond motifs is 1. The van der Waals surface area contributed by atoms with Gasteiger partial charge in [0.15, 0.2) is 0 Å². The Hall–Kier alpha value is -2.51. The number of anilines is 1. The second kappa shape index (κ2) is 10.5. The number of azo groups is 1. The van der Waals surface area contributed by atoms with E-state index < -0.39 is 30.6 Å². The fourth-order valence-electron chi connectivity index (χ4n) is 3.40. The molecule has 0 bridgehead atoms. The third-order valence-corrected chi connectivity index (χ3v) is 8.04. The Morgan fingerprint density at radius 1 is 0.889 bits per heavy atom. The zero-order chi connectivity index (χ0) is 25.5. The number of nitrogen functional groups attached to an aromatic ring is 1. The number of halogens is 1. The Morgan fingerprint density at radius 3 is 2.19 bits per heavy atom. The average molecular weight is 554 g/mol. The smallest absolute Gasteiger partial charge is 0.872 e. The zero-order valence-electron chi connectivity index (χ0n) is 19.0. The van der Waals surface area contributed by atoms with Gasteiger partial charge in [-0.1, -0.05) is 41.1 Å². The summed E-state index contributed by atoms with van der Waals surface area (Å²) in [6.07, 6.45) is 0. The molecule has 0 fully saturated rings. The number of hydrogen-bond donors (Lipinski definition) is 2. The third kappa shape index (κ3) is 5.57. The maximum absolute atomic E-state index is 13.3. The molecular weight excluding hydrogens is 537 g/mol. The second-order valence-electron chi connectivity index (χ2n) is 7.63. The maximum Gasteiger partial charge on any atom is 1.00 e. The van der Waals surface area contributed by atoms with Crippen LogP contribution in [0.1, 0.15) is 5.56 Å². The van der Waals surface area contributed by atoms with Gasteiger partial charge in [0.05, 0.1) is 20.4 Å². The quantitative estimate of drug-likeness (QED) is 0.165. The van der Waals surface area contributed by atoms with E-state index in [0.29, 0.717) is 0 Å². The van der Waals surface area contributed by atoms with Crippen molar-refractivity contribution in [3.8, 4) is 5.75 Å². The molecule has 0 aliphatic carbocycles. The van der Waals surface area contributed by atoms with E-state index in [0.717, 1.165) is 17.7 Å². The molecular formula is C23H17ClN3NaO6S2. The van der Waals surface area contributed by atoms with Crippen molar-refractivity contribution < 1.29 is 56.1 Å². The van der Waals surface area contributed by atoms with Crippen molar-refractivity contribution in [2.75, 3.05) is 5.73 Å². The van der Waals surface area contributed by atoms with Crippen molar-refractivity contribution in [2.45, 2.75) is 21.6 Å². The first-order valence-corrected chi connectivity index (χ1v) is 13.2. The van der Waals surface area contributed by atoms with Crippen molar-refractivity contribution >= 4 is 59.4 Å². The molecule has 0 aliphatic heterocycles. The molecule has 9 nitrogen and oxygen atoms in total. The van der Waals surface area contributed by atoms with Gasteiger partial charge >= 0.3 is 29.6 Å². The van der Waals surface area contributed by atoms with Gasteiger partial charge in [-0.3, -0.25) is 4.55 Å². The minimum atomic E-state index is -4.62. The predicted molar refractivity (Wildman–Crippen MR) is 130 cm³/mol. The number of nitrogens with zero attached hydrogens (tertiary/aromatic N) is 2. The van der Waals surface area contributed by atoms with Crippen LogP contribution in [0.15, 0.2) is 91.6 Å². The molecule has 0 radical (unpaired) electrons. The molecule has 0 atom stereocenters. The Kier molecular flexibility index (Phi) is 8.16. The summed E-state index contributed by atoms with van der Waals surface area (Å²) in [5, 5.41) is 21.1. The molecule has 0 aliphatic rings. The first-order chi connectivity index (χ1) is 16.4. The fourth-order valence-corrected chi connectivity index (χ4v) is 5.47. The third-order valence-electron chi connectivity index (χ3n) is 5.16. The first kappa shape index (κ1) is 28.1. The molecule has 0 saturated carbocycles. The van der Waals surface area contributed by atoms with E-state index in [9.17, 15) is 26.5 Å². The van der Waals surface area contributed by atoms with Crippen molar-refractivity contribution in [1.82, 2.24) is 0 Å². The topological polar surface area (TPSA) is 162 Å². The van der Waals surface area contributed by atoms with Gasteiger partial charge in [0, 0.05) is 10.4 Å². The summed E-state index contributed by atoms with van der Waals surface area (Å²) >= 11 is 6.08. The van der Waals surface area contributed by atoms with Crippen LogP contribution >= 0.6 is 11.6 Å². The molecule has 180 valence electrons. The molecule has 0 aromatic heterocycles. The van der Waals surface area contributed by atoms with Crippen LogP contribution in [0.3, 0.4) is 0 Å². The molecule has 4 aromatic carbocycles. The van der Waals surface area contributed by atoms with Gasteiger partial charge in [0.1, 0.15) is 11.4 Å². The van der Waals surface area contributed by atoms with Crippen molar-refractivity contribution in [1.29, 1.82) is 0 Å². The van der Waals surface area contributed by atoms with Crippen molar-refractivity contribution in [3.05, 3.63) is 77.3 Å². The van der Waals surface area contributed by atoms with E-state index in [4.69, 9.17) is 17.3 Å². The predicted octanol–water partition coefficient (Wildman–Crippen LogP) is 1.96. The summed E-state index contributed by atoms with van der Waals surface area (Å²) in [6, 6.07) is 14.9. The SMILES string of the molecule is Cc1ccc(S(=O)(=O)c2ccc(Cl)cc2N=Nc2c(N)ccc3cc(S(=O)(=O)O)cc([O-])c23)cc1.[Na+]. The number of benzene rings is 4. The van der Waals surface area contributed by atoms with Crippen LogP contribution in [0, 0.1) is 6.92 Å². The van der Waals surface area contributed by atoms with E-state index in [2.05, 4.69) is 10.2 Å². The fraction of sp³-hybridized carbons (Fsp3) is 0.0435. The van der Waals surface area contributed by atoms with Crippen LogP contribution in [0.4, 0.5) is 17.1 Å². The van der Waals surface area contributed by atoms with Crippen LogP contribution < -0.4 is 40.4 Å². The Labute approximate surface area is 234 Å². The second-order valence-corrected chi connectivity index (χ2v) is 11.4. The zero-order valence-corrected chi connectivity index (χ0v) is 23.4. The minimum Gasteiger partial charge on any atom is -0.872 e. The van der Waals surface area contributed by atoms with Gasteiger partial charge in [-0.2, -0.15) is 8.42 Å². The summed E-state index contributed by atoms with van der Waals surface area (Å²) in [4.78, 5) is -0.695. The summed E-state index contributed by atoms with van der Waals surface area (Å²) in [6.45, 7) is 1.83. The van der Waals surface area contributed by atoms with Crippen LogP contribution in [0.5, 0.6) is 5.75 Å². The summed E-state index contributed by atoms with van der Waals surface area (Å²) in [5.74, 6) is -0.769. The number of sulfone groups is 1. The monoisotopic (exact) mass is 553 g/mol. The van der Waals surface area contributed by atoms with Crippen LogP contribution in [0.25, 0.3) is 10.8 Å². The number of aryl methyl sites for hydroxylation is 1. The van der Waals surface area contributed by atoms with E-state index in [1.165, 1.54) is 42.5 Å². The number of rotatable bonds is 5. The van der Waals surface area contributed by atoms with E-state index in [-0.39, 0.29) is 72.2 Å². The average Bonchev–Trinajstić information content (AvgIpc) is 2.78. The molecule has 13 heteroatoms. The number of nitrogens with two attached hydrogens (primary N) is 1. The van der Waals surface area contributed by atoms with Gasteiger partial charge < -0.3 is 10.8 Å². The maximum atomic E-state index is 13.3. The van der Waals surface area contributed by atoms with Crippen molar-refractivity contribution in [3.63, 3.8) is 0 Å². The normalized spacial score (nSPS) is 12.1. The molecule has 0 spiro atoms. The first-order valence-electron chi connectivity index (χ1n) is 9.92. The summed E-state index contributed by atoms with van der Waals surface area (Å²) < 4.78 is 58.7. The Morgan fingerprint density at radius 2 is 1.56 bits per heavy atom. The molecule has 0 amide bonds. The van der Waals surface area contributed by atoms with E-state index in [1.807, 2.05) is 6.92 Å². The Balaban J connectivity index is 0.00000361. The standard InChI is InChI=1S/C23H18ClN3O6S2.Na/c1-13-2-6-16(7-3-13)34(29,30)21-9-5-15(24)11-19(21)26-27-23-18(25)8-4-14-10-17(35(31,32)33)12-20(28)22(14)23;/h2-12,28H,25H2,1H3,(H,31,32,33);/q;+1/p-1. The molecule has 36 heavy (non-hydrogen) atoms. The molecule has 0 saturated heterocycles. The van der Waals surface area contributed by atoms with Crippen LogP contribution in [-0.4, -0.2) is 21.4 Å². The van der Waals surface area contributed by atoms with Gasteiger partial charge in [-0.15, -0.1) is 10.2 Å². The molecule has 3 N–H and O–H groups in total. The van der Waals surface area contributed by atoms with Crippen LogP contribution in [0.2, 0.25) is 5.02 Å². The number of hydrogen-bond acceptors (Lipinski definition) is 8. The molecule has 4 aromatic rings. The van der Waals surface area contributed by atoms with Gasteiger partial charge in [0.25, 0.3) is 10.1 Å². The van der Waals surface area contributed by atoms with Gasteiger partial charge in [0.2, 0.25) is 9.84 Å². The molecule has 0 heterocycles. The molecule has 0 unspecified atom stereocenters.